The Hall–Kier alpha value is -3.47. The molecule has 2 heterocycles. The highest BCUT2D eigenvalue weighted by atomic mass is 16.2. The number of carbonyl (C=O) groups is 2. The summed E-state index contributed by atoms with van der Waals surface area (Å²) in [4.78, 5) is 38.5. The van der Waals surface area contributed by atoms with Gasteiger partial charge in [-0.05, 0) is 54.0 Å². The van der Waals surface area contributed by atoms with Gasteiger partial charge in [-0.1, -0.05) is 48.5 Å². The number of aromatic nitrogens is 1. The van der Waals surface area contributed by atoms with Gasteiger partial charge in [0.2, 0.25) is 11.5 Å². The first-order valence-electron chi connectivity index (χ1n) is 11.9. The summed E-state index contributed by atoms with van der Waals surface area (Å²) in [6.07, 6.45) is 3.91. The Labute approximate surface area is 201 Å². The van der Waals surface area contributed by atoms with E-state index in [2.05, 4.69) is 43.3 Å². The molecule has 1 aromatic heterocycles. The van der Waals surface area contributed by atoms with E-state index >= 15 is 0 Å². The molecule has 2 aromatic carbocycles. The van der Waals surface area contributed by atoms with Crippen molar-refractivity contribution >= 4 is 11.7 Å². The van der Waals surface area contributed by atoms with Gasteiger partial charge in [-0.25, -0.2) is 0 Å². The number of amides is 1. The number of piperidine rings is 1. The van der Waals surface area contributed by atoms with E-state index < -0.39 is 0 Å². The number of carbonyl (C=O) groups excluding carboxylic acids is 2. The van der Waals surface area contributed by atoms with Crippen molar-refractivity contribution in [2.75, 3.05) is 13.1 Å². The van der Waals surface area contributed by atoms with E-state index in [1.54, 1.807) is 26.2 Å². The molecule has 3 aromatic rings. The number of benzene rings is 2. The number of hydrogen-bond donors (Lipinski definition) is 0. The second kappa shape index (κ2) is 10.2. The van der Waals surface area contributed by atoms with Crippen molar-refractivity contribution in [1.29, 1.82) is 0 Å². The van der Waals surface area contributed by atoms with Crippen molar-refractivity contribution < 1.29 is 9.59 Å². The Balaban J connectivity index is 1.59. The number of pyridine rings is 1. The van der Waals surface area contributed by atoms with Gasteiger partial charge in [0.1, 0.15) is 0 Å². The van der Waals surface area contributed by atoms with Crippen LogP contribution in [0.5, 0.6) is 0 Å². The van der Waals surface area contributed by atoms with Crippen LogP contribution in [-0.2, 0) is 11.8 Å². The molecule has 1 fully saturated rings. The fraction of sp³-hybridized carbons (Fsp3) is 0.345. The van der Waals surface area contributed by atoms with Crippen LogP contribution in [0.2, 0.25) is 0 Å². The topological polar surface area (TPSA) is 59.4 Å². The largest absolute Gasteiger partial charge is 0.343 e. The molecule has 0 N–H and O–H groups in total. The van der Waals surface area contributed by atoms with E-state index in [0.717, 1.165) is 42.6 Å². The molecular weight excluding hydrogens is 424 g/mol. The summed E-state index contributed by atoms with van der Waals surface area (Å²) in [7, 11) is 1.66. The molecule has 1 unspecified atom stereocenters. The van der Waals surface area contributed by atoms with Crippen molar-refractivity contribution in [2.45, 2.75) is 44.9 Å². The number of aryl methyl sites for hydroxylation is 2. The third-order valence-corrected chi connectivity index (χ3v) is 7.11. The van der Waals surface area contributed by atoms with Gasteiger partial charge in [0.25, 0.3) is 0 Å². The van der Waals surface area contributed by atoms with Gasteiger partial charge in [-0.15, -0.1) is 0 Å². The first-order chi connectivity index (χ1) is 16.3. The zero-order chi connectivity index (χ0) is 24.2. The van der Waals surface area contributed by atoms with E-state index in [1.807, 2.05) is 17.0 Å². The molecular formula is C29H32N2O3. The van der Waals surface area contributed by atoms with Crippen LogP contribution < -0.4 is 5.56 Å². The SMILES string of the molecule is CC(=O)N1CCC(c2ccc(C(CC(=O)c3ccc(=O)n(C)c3)c3ccccc3C)cc2)CC1. The van der Waals surface area contributed by atoms with Crippen molar-refractivity contribution in [1.82, 2.24) is 9.47 Å². The maximum Gasteiger partial charge on any atom is 0.250 e. The third kappa shape index (κ3) is 5.19. The fourth-order valence-corrected chi connectivity index (χ4v) is 4.98. The predicted octanol–water partition coefficient (Wildman–Crippen LogP) is 4.82. The second-order valence-corrected chi connectivity index (χ2v) is 9.35. The Morgan fingerprint density at radius 1 is 0.971 bits per heavy atom. The van der Waals surface area contributed by atoms with Gasteiger partial charge in [-0.3, -0.25) is 14.4 Å². The lowest BCUT2D eigenvalue weighted by molar-refractivity contribution is -0.129. The summed E-state index contributed by atoms with van der Waals surface area (Å²) in [6, 6.07) is 19.9. The van der Waals surface area contributed by atoms with Crippen LogP contribution in [-0.4, -0.2) is 34.2 Å². The van der Waals surface area contributed by atoms with Gasteiger partial charge in [0.05, 0.1) is 0 Å². The Kier molecular flexibility index (Phi) is 7.11. The van der Waals surface area contributed by atoms with Crippen LogP contribution in [0.1, 0.15) is 70.6 Å². The summed E-state index contributed by atoms with van der Waals surface area (Å²) < 4.78 is 1.45. The number of rotatable bonds is 6. The average Bonchev–Trinajstić information content (AvgIpc) is 2.85. The maximum absolute atomic E-state index is 13.2. The molecule has 0 spiro atoms. The van der Waals surface area contributed by atoms with Crippen LogP contribution in [0.15, 0.2) is 71.7 Å². The van der Waals surface area contributed by atoms with E-state index in [4.69, 9.17) is 0 Å². The zero-order valence-electron chi connectivity index (χ0n) is 20.2. The van der Waals surface area contributed by atoms with Gasteiger partial charge in [0.15, 0.2) is 5.78 Å². The summed E-state index contributed by atoms with van der Waals surface area (Å²) in [5.41, 5.74) is 5.12. The van der Waals surface area contributed by atoms with Gasteiger partial charge in [-0.2, -0.15) is 0 Å². The minimum atomic E-state index is -0.128. The van der Waals surface area contributed by atoms with Gasteiger partial charge < -0.3 is 9.47 Å². The molecule has 0 aliphatic carbocycles. The predicted molar refractivity (Wildman–Crippen MR) is 134 cm³/mol. The molecule has 176 valence electrons. The molecule has 5 nitrogen and oxygen atoms in total. The molecule has 0 bridgehead atoms. The number of nitrogens with zero attached hydrogens (tertiary/aromatic N) is 2. The fourth-order valence-electron chi connectivity index (χ4n) is 4.98. The molecule has 1 amide bonds. The van der Waals surface area contributed by atoms with Crippen LogP contribution in [0.4, 0.5) is 0 Å². The lowest BCUT2D eigenvalue weighted by Gasteiger charge is -2.31. The molecule has 34 heavy (non-hydrogen) atoms. The summed E-state index contributed by atoms with van der Waals surface area (Å²) in [5, 5.41) is 0. The Morgan fingerprint density at radius 2 is 1.65 bits per heavy atom. The number of likely N-dealkylation sites (tertiary alicyclic amines) is 1. The first kappa shape index (κ1) is 23.7. The summed E-state index contributed by atoms with van der Waals surface area (Å²) in [5.74, 6) is 0.552. The highest BCUT2D eigenvalue weighted by Crippen LogP contribution is 2.34. The number of hydrogen-bond acceptors (Lipinski definition) is 3. The quantitative estimate of drug-likeness (QED) is 0.500. The minimum absolute atomic E-state index is 0.0181. The Morgan fingerprint density at radius 3 is 2.26 bits per heavy atom. The van der Waals surface area contributed by atoms with Crippen molar-refractivity contribution in [3.63, 3.8) is 0 Å². The standard InChI is InChI=1S/C29H32N2O3/c1-20-6-4-5-7-26(20)27(18-28(33)25-12-13-29(34)30(3)19-25)24-10-8-22(9-11-24)23-14-16-31(17-15-23)21(2)32/h4-13,19,23,27H,14-18H2,1-3H3. The van der Waals surface area contributed by atoms with Crippen LogP contribution in [0.3, 0.4) is 0 Å². The van der Waals surface area contributed by atoms with E-state index in [0.29, 0.717) is 17.9 Å². The van der Waals surface area contributed by atoms with E-state index in [9.17, 15) is 14.4 Å². The van der Waals surface area contributed by atoms with Crippen molar-refractivity contribution in [3.8, 4) is 0 Å². The van der Waals surface area contributed by atoms with Crippen molar-refractivity contribution in [3.05, 3.63) is 105 Å². The molecule has 1 saturated heterocycles. The maximum atomic E-state index is 13.2. The first-order valence-corrected chi connectivity index (χ1v) is 11.9. The molecule has 1 atom stereocenters. The molecule has 1 aliphatic rings. The third-order valence-electron chi connectivity index (χ3n) is 7.11. The van der Waals surface area contributed by atoms with E-state index in [1.165, 1.54) is 16.2 Å². The lowest BCUT2D eigenvalue weighted by Crippen LogP contribution is -2.36. The summed E-state index contributed by atoms with van der Waals surface area (Å²) in [6.45, 7) is 5.33. The van der Waals surface area contributed by atoms with E-state index in [-0.39, 0.29) is 23.2 Å². The second-order valence-electron chi connectivity index (χ2n) is 9.35. The highest BCUT2D eigenvalue weighted by molar-refractivity contribution is 5.96. The van der Waals surface area contributed by atoms with Crippen molar-refractivity contribution in [2.24, 2.45) is 7.05 Å². The molecule has 5 heteroatoms. The number of Topliss-reactive ketones (excluding diaryl/α,β-unsaturated/α-hetero) is 1. The smallest absolute Gasteiger partial charge is 0.250 e. The monoisotopic (exact) mass is 456 g/mol. The molecule has 1 aliphatic heterocycles. The van der Waals surface area contributed by atoms with Crippen LogP contribution in [0.25, 0.3) is 0 Å². The summed E-state index contributed by atoms with van der Waals surface area (Å²) >= 11 is 0. The normalized spacial score (nSPS) is 15.2. The molecule has 4 rings (SSSR count). The van der Waals surface area contributed by atoms with Crippen LogP contribution in [0, 0.1) is 6.92 Å². The molecule has 0 radical (unpaired) electrons. The zero-order valence-corrected chi connectivity index (χ0v) is 20.2. The Bertz CT molecular complexity index is 1230. The van der Waals surface area contributed by atoms with Crippen LogP contribution >= 0.6 is 0 Å². The van der Waals surface area contributed by atoms with Gasteiger partial charge in [0, 0.05) is 57.2 Å². The van der Waals surface area contributed by atoms with Gasteiger partial charge >= 0.3 is 0 Å². The lowest BCUT2D eigenvalue weighted by atomic mass is 9.82. The number of ketones is 1. The minimum Gasteiger partial charge on any atom is -0.343 e. The average molecular weight is 457 g/mol. The molecule has 0 saturated carbocycles. The highest BCUT2D eigenvalue weighted by Gasteiger charge is 2.24.